The summed E-state index contributed by atoms with van der Waals surface area (Å²) in [7, 11) is -9.92. The predicted octanol–water partition coefficient (Wildman–Crippen LogP) is 20.6. The van der Waals surface area contributed by atoms with Crippen molar-refractivity contribution in [2.75, 3.05) is 39.6 Å². The molecule has 0 aliphatic heterocycles. The molecule has 532 valence electrons. The van der Waals surface area contributed by atoms with Crippen molar-refractivity contribution >= 4 is 39.5 Å². The number of rotatable bonds is 69. The first-order chi connectivity index (χ1) is 44.2. The zero-order valence-electron chi connectivity index (χ0n) is 57.9. The molecule has 19 heteroatoms. The van der Waals surface area contributed by atoms with Crippen LogP contribution in [0.4, 0.5) is 0 Å². The molecule has 17 nitrogen and oxygen atoms in total. The molecule has 0 fully saturated rings. The Bertz CT molecular complexity index is 1830. The number of benzene rings is 1. The van der Waals surface area contributed by atoms with Gasteiger partial charge in [-0.1, -0.05) is 315 Å². The number of esters is 4. The summed E-state index contributed by atoms with van der Waals surface area (Å²) in [4.78, 5) is 73.9. The highest BCUT2D eigenvalue weighted by Crippen LogP contribution is 2.46. The Morgan fingerprint density at radius 1 is 0.319 bits per heavy atom. The maximum Gasteiger partial charge on any atom is 0.472 e. The molecule has 4 atom stereocenters. The zero-order chi connectivity index (χ0) is 66.4. The van der Waals surface area contributed by atoms with Crippen LogP contribution in [0, 0.1) is 0 Å². The third-order valence-corrected chi connectivity index (χ3v) is 18.3. The number of phosphoric ester groups is 2. The maximum atomic E-state index is 13.5. The van der Waals surface area contributed by atoms with Crippen molar-refractivity contribution in [3.63, 3.8) is 0 Å². The van der Waals surface area contributed by atoms with Crippen molar-refractivity contribution in [3.8, 4) is 0 Å². The number of ether oxygens (including phenoxy) is 5. The molecule has 0 aliphatic rings. The van der Waals surface area contributed by atoms with Crippen LogP contribution >= 0.6 is 15.6 Å². The monoisotopic (exact) mass is 1330 g/mol. The standard InChI is InChI=1S/C72H132O17P2/c1-5-9-13-17-21-25-29-33-37-41-48-54-69(73)82-59-67(88-71(75)56-50-43-39-35-31-27-23-19-15-11-7-3)63-86-90(77,78)84-61-66(81-58-65-52-46-45-47-53-65)62-85-91(79,80)87-64-68(89-72(76)57-51-44-40-36-32-28-24-20-16-12-8-4)60-83-70(74)55-49-42-38-34-30-26-22-18-14-10-6-2/h45-47,52-53,66-68H,5-44,48-51,54-64H2,1-4H3,(H,77,78)(H,79,80). The lowest BCUT2D eigenvalue weighted by Crippen LogP contribution is -2.30. The number of carbonyl (C=O) groups excluding carboxylic acids is 4. The van der Waals surface area contributed by atoms with Gasteiger partial charge in [-0.3, -0.25) is 37.3 Å². The molecule has 91 heavy (non-hydrogen) atoms. The van der Waals surface area contributed by atoms with Crippen molar-refractivity contribution in [2.24, 2.45) is 0 Å². The molecular weight excluding hydrogens is 1200 g/mol. The van der Waals surface area contributed by atoms with Crippen molar-refractivity contribution in [1.82, 2.24) is 0 Å². The van der Waals surface area contributed by atoms with Gasteiger partial charge in [0.1, 0.15) is 19.3 Å². The molecule has 0 saturated carbocycles. The maximum absolute atomic E-state index is 13.5. The van der Waals surface area contributed by atoms with Gasteiger partial charge in [0, 0.05) is 25.7 Å². The van der Waals surface area contributed by atoms with E-state index in [9.17, 15) is 38.1 Å². The van der Waals surface area contributed by atoms with Gasteiger partial charge < -0.3 is 33.5 Å². The first kappa shape index (κ1) is 86.3. The average Bonchev–Trinajstić information content (AvgIpc) is 3.49. The van der Waals surface area contributed by atoms with Crippen molar-refractivity contribution < 1.29 is 79.9 Å². The summed E-state index contributed by atoms with van der Waals surface area (Å²) in [6.45, 7) is 5.38. The van der Waals surface area contributed by atoms with Gasteiger partial charge in [0.05, 0.1) is 33.0 Å². The lowest BCUT2D eigenvalue weighted by atomic mass is 10.1. The van der Waals surface area contributed by atoms with E-state index in [-0.39, 0.29) is 32.3 Å². The summed E-state index contributed by atoms with van der Waals surface area (Å²) in [5.74, 6) is -2.06. The van der Waals surface area contributed by atoms with E-state index in [4.69, 9.17) is 41.8 Å². The summed E-state index contributed by atoms with van der Waals surface area (Å²) in [6.07, 6.45) is 46.2. The predicted molar refractivity (Wildman–Crippen MR) is 364 cm³/mol. The molecule has 2 N–H and O–H groups in total. The van der Waals surface area contributed by atoms with Crippen molar-refractivity contribution in [3.05, 3.63) is 35.9 Å². The SMILES string of the molecule is CCCCCCCCCCCCCC(=O)OCC(COP(=O)(O)OCC(COP(=O)(O)OCC(COC(=O)CCCCCCCCCCCCC)OC(=O)CCCCCCCCCCCCC)OCc1ccccc1)OC(=O)CCCCCCCCCCCCC. The lowest BCUT2D eigenvalue weighted by Gasteiger charge is -2.23. The third-order valence-electron chi connectivity index (χ3n) is 16.4. The molecule has 4 unspecified atom stereocenters. The molecule has 0 heterocycles. The second-order valence-corrected chi connectivity index (χ2v) is 28.2. The largest absolute Gasteiger partial charge is 0.472 e. The van der Waals surface area contributed by atoms with Crippen LogP contribution in [0.1, 0.15) is 341 Å². The van der Waals surface area contributed by atoms with Gasteiger partial charge in [0.15, 0.2) is 12.2 Å². The quantitative estimate of drug-likeness (QED) is 0.0267. The van der Waals surface area contributed by atoms with Crippen molar-refractivity contribution in [2.45, 2.75) is 361 Å². The Morgan fingerprint density at radius 3 is 0.813 bits per heavy atom. The van der Waals surface area contributed by atoms with Gasteiger partial charge in [-0.25, -0.2) is 9.13 Å². The lowest BCUT2D eigenvalue weighted by molar-refractivity contribution is -0.161. The smallest absolute Gasteiger partial charge is 0.462 e. The van der Waals surface area contributed by atoms with E-state index in [1.807, 2.05) is 6.07 Å². The molecular formula is C72H132O17P2. The van der Waals surface area contributed by atoms with E-state index in [1.54, 1.807) is 24.3 Å². The Labute approximate surface area is 553 Å². The fourth-order valence-corrected chi connectivity index (χ4v) is 12.3. The van der Waals surface area contributed by atoms with E-state index < -0.39 is 97.5 Å². The number of carbonyl (C=O) groups is 4. The van der Waals surface area contributed by atoms with E-state index in [0.717, 1.165) is 89.9 Å². The van der Waals surface area contributed by atoms with Crippen LogP contribution in [-0.4, -0.2) is 91.6 Å². The Morgan fingerprint density at radius 2 is 0.549 bits per heavy atom. The van der Waals surface area contributed by atoms with Gasteiger partial charge in [-0.05, 0) is 31.2 Å². The number of unbranched alkanes of at least 4 members (excludes halogenated alkanes) is 40. The minimum absolute atomic E-state index is 0.0468. The zero-order valence-corrected chi connectivity index (χ0v) is 59.7. The summed E-state index contributed by atoms with van der Waals surface area (Å²) < 4.78 is 76.7. The minimum Gasteiger partial charge on any atom is -0.462 e. The van der Waals surface area contributed by atoms with Crippen LogP contribution in [0.3, 0.4) is 0 Å². The molecule has 0 aliphatic carbocycles. The molecule has 0 amide bonds. The number of hydrogen-bond donors (Lipinski definition) is 2. The highest BCUT2D eigenvalue weighted by atomic mass is 31.2. The molecule has 0 aromatic heterocycles. The molecule has 0 saturated heterocycles. The minimum atomic E-state index is -4.96. The second kappa shape index (κ2) is 62.1. The summed E-state index contributed by atoms with van der Waals surface area (Å²) in [5.41, 5.74) is 0.714. The number of hydrogen-bond acceptors (Lipinski definition) is 15. The Hall–Kier alpha value is -2.72. The summed E-state index contributed by atoms with van der Waals surface area (Å²) >= 11 is 0. The van der Waals surface area contributed by atoms with Gasteiger partial charge >= 0.3 is 39.5 Å². The molecule has 0 bridgehead atoms. The second-order valence-electron chi connectivity index (χ2n) is 25.3. The van der Waals surface area contributed by atoms with Crippen LogP contribution in [-0.2, 0) is 76.7 Å². The van der Waals surface area contributed by atoms with E-state index in [0.29, 0.717) is 31.2 Å². The number of phosphoric acid groups is 2. The van der Waals surface area contributed by atoms with E-state index >= 15 is 0 Å². The first-order valence-corrected chi connectivity index (χ1v) is 39.8. The van der Waals surface area contributed by atoms with Gasteiger partial charge in [0.2, 0.25) is 0 Å². The van der Waals surface area contributed by atoms with Crippen LogP contribution in [0.15, 0.2) is 30.3 Å². The summed E-state index contributed by atoms with van der Waals surface area (Å²) in [6, 6.07) is 8.97. The van der Waals surface area contributed by atoms with Crippen LogP contribution in [0.25, 0.3) is 0 Å². The fraction of sp³-hybridized carbons (Fsp3) is 0.861. The van der Waals surface area contributed by atoms with Gasteiger partial charge in [-0.2, -0.15) is 0 Å². The van der Waals surface area contributed by atoms with Crippen LogP contribution in [0.5, 0.6) is 0 Å². The molecule has 1 rings (SSSR count). The molecule has 0 radical (unpaired) electrons. The Balaban J connectivity index is 2.97. The van der Waals surface area contributed by atoms with Crippen molar-refractivity contribution in [1.29, 1.82) is 0 Å². The first-order valence-electron chi connectivity index (χ1n) is 36.8. The highest BCUT2D eigenvalue weighted by molar-refractivity contribution is 7.47. The van der Waals surface area contributed by atoms with Gasteiger partial charge in [-0.15, -0.1) is 0 Å². The topological polar surface area (TPSA) is 226 Å². The summed E-state index contributed by atoms with van der Waals surface area (Å²) in [5, 5.41) is 0. The van der Waals surface area contributed by atoms with Gasteiger partial charge in [0.25, 0.3) is 0 Å². The van der Waals surface area contributed by atoms with E-state index in [2.05, 4.69) is 27.7 Å². The highest BCUT2D eigenvalue weighted by Gasteiger charge is 2.31. The molecule has 0 spiro atoms. The van der Waals surface area contributed by atoms with E-state index in [1.165, 1.54) is 167 Å². The van der Waals surface area contributed by atoms with Crippen LogP contribution in [0.2, 0.25) is 0 Å². The van der Waals surface area contributed by atoms with Crippen LogP contribution < -0.4 is 0 Å². The molecule has 1 aromatic carbocycles. The normalized spacial score (nSPS) is 13.9. The third kappa shape index (κ3) is 58.4. The fourth-order valence-electron chi connectivity index (χ4n) is 10.7. The Kier molecular flexibility index (Phi) is 58.9. The molecule has 1 aromatic rings. The average molecular weight is 1330 g/mol.